The summed E-state index contributed by atoms with van der Waals surface area (Å²) in [6, 6.07) is 7.06. The van der Waals surface area contributed by atoms with E-state index in [1.807, 2.05) is 6.92 Å². The van der Waals surface area contributed by atoms with Gasteiger partial charge in [-0.25, -0.2) is 0 Å². The SMILES string of the molecule is CCNCC(COCC(F)(F)F)c1ccc(Cl)cc1. The zero-order valence-electron chi connectivity index (χ0n) is 10.6. The molecule has 0 aliphatic heterocycles. The summed E-state index contributed by atoms with van der Waals surface area (Å²) in [4.78, 5) is 0. The van der Waals surface area contributed by atoms with Crippen molar-refractivity contribution in [2.24, 2.45) is 0 Å². The Hall–Kier alpha value is -0.780. The standard InChI is InChI=1S/C13H17ClF3NO/c1-2-18-7-11(8-19-9-13(15,16)17)10-3-5-12(14)6-4-10/h3-6,11,18H,2,7-9H2,1H3. The maximum absolute atomic E-state index is 12.1. The summed E-state index contributed by atoms with van der Waals surface area (Å²) in [6.45, 7) is 2.06. The quantitative estimate of drug-likeness (QED) is 0.830. The van der Waals surface area contributed by atoms with Gasteiger partial charge in [-0.1, -0.05) is 30.7 Å². The van der Waals surface area contributed by atoms with Crippen LogP contribution in [0.2, 0.25) is 5.02 Å². The van der Waals surface area contributed by atoms with E-state index in [-0.39, 0.29) is 12.5 Å². The van der Waals surface area contributed by atoms with Crippen molar-refractivity contribution in [2.75, 3.05) is 26.3 Å². The largest absolute Gasteiger partial charge is 0.411 e. The first-order chi connectivity index (χ1) is 8.92. The van der Waals surface area contributed by atoms with Gasteiger partial charge >= 0.3 is 6.18 Å². The maximum atomic E-state index is 12.1. The average molecular weight is 296 g/mol. The molecule has 0 saturated carbocycles. The molecule has 1 aromatic carbocycles. The zero-order chi connectivity index (χ0) is 14.3. The topological polar surface area (TPSA) is 21.3 Å². The van der Waals surface area contributed by atoms with Crippen LogP contribution < -0.4 is 5.32 Å². The van der Waals surface area contributed by atoms with Crippen LogP contribution in [0.5, 0.6) is 0 Å². The van der Waals surface area contributed by atoms with E-state index in [4.69, 9.17) is 16.3 Å². The molecule has 0 aliphatic rings. The molecular formula is C13H17ClF3NO. The number of benzene rings is 1. The summed E-state index contributed by atoms with van der Waals surface area (Å²) < 4.78 is 40.9. The third kappa shape index (κ3) is 6.80. The number of hydrogen-bond acceptors (Lipinski definition) is 2. The fourth-order valence-electron chi connectivity index (χ4n) is 1.64. The van der Waals surface area contributed by atoms with Crippen LogP contribution >= 0.6 is 11.6 Å². The molecule has 0 saturated heterocycles. The van der Waals surface area contributed by atoms with E-state index in [0.717, 1.165) is 12.1 Å². The molecule has 0 radical (unpaired) electrons. The Bertz CT molecular complexity index is 367. The van der Waals surface area contributed by atoms with Crippen LogP contribution in [0.4, 0.5) is 13.2 Å². The Morgan fingerprint density at radius 2 is 1.89 bits per heavy atom. The lowest BCUT2D eigenvalue weighted by Gasteiger charge is -2.18. The van der Waals surface area contributed by atoms with Gasteiger partial charge in [-0.05, 0) is 24.2 Å². The molecular weight excluding hydrogens is 279 g/mol. The first-order valence-corrected chi connectivity index (χ1v) is 6.41. The van der Waals surface area contributed by atoms with E-state index in [1.54, 1.807) is 24.3 Å². The van der Waals surface area contributed by atoms with Crippen LogP contribution in [0.15, 0.2) is 24.3 Å². The molecule has 0 aromatic heterocycles. The van der Waals surface area contributed by atoms with Crippen molar-refractivity contribution in [3.63, 3.8) is 0 Å². The second-order valence-corrected chi connectivity index (χ2v) is 4.62. The van der Waals surface area contributed by atoms with Gasteiger partial charge in [0.15, 0.2) is 0 Å². The Labute approximate surface area is 115 Å². The molecule has 1 N–H and O–H groups in total. The number of halogens is 4. The Kier molecular flexibility index (Phi) is 6.62. The lowest BCUT2D eigenvalue weighted by atomic mass is 10.00. The molecule has 0 spiro atoms. The minimum Gasteiger partial charge on any atom is -0.371 e. The van der Waals surface area contributed by atoms with Crippen LogP contribution in [-0.2, 0) is 4.74 Å². The Morgan fingerprint density at radius 1 is 1.26 bits per heavy atom. The van der Waals surface area contributed by atoms with Crippen molar-refractivity contribution in [1.29, 1.82) is 0 Å². The fraction of sp³-hybridized carbons (Fsp3) is 0.538. The lowest BCUT2D eigenvalue weighted by molar-refractivity contribution is -0.174. The molecule has 1 rings (SSSR count). The van der Waals surface area contributed by atoms with Crippen molar-refractivity contribution >= 4 is 11.6 Å². The summed E-state index contributed by atoms with van der Waals surface area (Å²) in [5.74, 6) is -0.125. The molecule has 0 amide bonds. The average Bonchev–Trinajstić information content (AvgIpc) is 2.33. The highest BCUT2D eigenvalue weighted by Gasteiger charge is 2.28. The molecule has 108 valence electrons. The van der Waals surface area contributed by atoms with Crippen LogP contribution in [-0.4, -0.2) is 32.5 Å². The third-order valence-corrected chi connectivity index (χ3v) is 2.82. The predicted molar refractivity (Wildman–Crippen MR) is 69.6 cm³/mol. The van der Waals surface area contributed by atoms with E-state index in [2.05, 4.69) is 5.32 Å². The van der Waals surface area contributed by atoms with Gasteiger partial charge in [-0.3, -0.25) is 0 Å². The number of nitrogens with one attached hydrogen (secondary N) is 1. The van der Waals surface area contributed by atoms with E-state index >= 15 is 0 Å². The Balaban J connectivity index is 2.58. The van der Waals surface area contributed by atoms with Gasteiger partial charge in [0.25, 0.3) is 0 Å². The summed E-state index contributed by atoms with van der Waals surface area (Å²) in [7, 11) is 0. The van der Waals surface area contributed by atoms with Crippen molar-refractivity contribution in [3.8, 4) is 0 Å². The number of rotatable bonds is 7. The highest BCUT2D eigenvalue weighted by atomic mass is 35.5. The van der Waals surface area contributed by atoms with Crippen molar-refractivity contribution in [2.45, 2.75) is 19.0 Å². The van der Waals surface area contributed by atoms with Gasteiger partial charge in [0.2, 0.25) is 0 Å². The van der Waals surface area contributed by atoms with Gasteiger partial charge in [0.05, 0.1) is 6.61 Å². The number of likely N-dealkylation sites (N-methyl/N-ethyl adjacent to an activating group) is 1. The van der Waals surface area contributed by atoms with E-state index < -0.39 is 12.8 Å². The van der Waals surface area contributed by atoms with Gasteiger partial charge in [-0.2, -0.15) is 13.2 Å². The normalized spacial score (nSPS) is 13.5. The molecule has 2 nitrogen and oxygen atoms in total. The number of alkyl halides is 3. The summed E-state index contributed by atoms with van der Waals surface area (Å²) in [5.41, 5.74) is 0.910. The van der Waals surface area contributed by atoms with Gasteiger partial charge in [-0.15, -0.1) is 0 Å². The van der Waals surface area contributed by atoms with E-state index in [1.165, 1.54) is 0 Å². The summed E-state index contributed by atoms with van der Waals surface area (Å²) >= 11 is 5.79. The molecule has 1 aromatic rings. The third-order valence-electron chi connectivity index (χ3n) is 2.57. The minimum absolute atomic E-state index is 0.0220. The maximum Gasteiger partial charge on any atom is 0.411 e. The second kappa shape index (κ2) is 7.72. The van der Waals surface area contributed by atoms with Gasteiger partial charge in [0, 0.05) is 17.5 Å². The molecule has 1 unspecified atom stereocenters. The highest BCUT2D eigenvalue weighted by Crippen LogP contribution is 2.20. The smallest absolute Gasteiger partial charge is 0.371 e. The minimum atomic E-state index is -4.29. The molecule has 0 heterocycles. The highest BCUT2D eigenvalue weighted by molar-refractivity contribution is 6.30. The van der Waals surface area contributed by atoms with Crippen LogP contribution in [0.1, 0.15) is 18.4 Å². The first-order valence-electron chi connectivity index (χ1n) is 6.03. The zero-order valence-corrected chi connectivity index (χ0v) is 11.4. The van der Waals surface area contributed by atoms with Gasteiger partial charge < -0.3 is 10.1 Å². The van der Waals surface area contributed by atoms with E-state index in [0.29, 0.717) is 11.6 Å². The van der Waals surface area contributed by atoms with Crippen LogP contribution in [0.3, 0.4) is 0 Å². The summed E-state index contributed by atoms with van der Waals surface area (Å²) in [6.07, 6.45) is -4.29. The van der Waals surface area contributed by atoms with Crippen LogP contribution in [0, 0.1) is 0 Å². The monoisotopic (exact) mass is 295 g/mol. The van der Waals surface area contributed by atoms with Crippen molar-refractivity contribution in [1.82, 2.24) is 5.32 Å². The Morgan fingerprint density at radius 3 is 2.42 bits per heavy atom. The van der Waals surface area contributed by atoms with Crippen molar-refractivity contribution in [3.05, 3.63) is 34.9 Å². The number of hydrogen-bond donors (Lipinski definition) is 1. The second-order valence-electron chi connectivity index (χ2n) is 4.19. The fourth-order valence-corrected chi connectivity index (χ4v) is 1.77. The van der Waals surface area contributed by atoms with Gasteiger partial charge in [0.1, 0.15) is 6.61 Å². The molecule has 0 fully saturated rings. The lowest BCUT2D eigenvalue weighted by Crippen LogP contribution is -2.26. The molecule has 1 atom stereocenters. The molecule has 0 bridgehead atoms. The van der Waals surface area contributed by atoms with E-state index in [9.17, 15) is 13.2 Å². The molecule has 0 aliphatic carbocycles. The summed E-state index contributed by atoms with van der Waals surface area (Å²) in [5, 5.41) is 3.71. The predicted octanol–water partition coefficient (Wildman–Crippen LogP) is 3.61. The first kappa shape index (κ1) is 16.3. The van der Waals surface area contributed by atoms with Crippen LogP contribution in [0.25, 0.3) is 0 Å². The van der Waals surface area contributed by atoms with Crippen molar-refractivity contribution < 1.29 is 17.9 Å². The molecule has 19 heavy (non-hydrogen) atoms. The number of ether oxygens (including phenoxy) is 1. The molecule has 6 heteroatoms.